The van der Waals surface area contributed by atoms with E-state index in [1.54, 1.807) is 12.1 Å². The topological polar surface area (TPSA) is 92.5 Å². The lowest BCUT2D eigenvalue weighted by Gasteiger charge is -2.36. The Hall–Kier alpha value is -3.03. The number of aryl methyl sites for hydroxylation is 1. The number of non-ortho nitro benzene ring substituents is 1. The summed E-state index contributed by atoms with van der Waals surface area (Å²) < 4.78 is 0. The third-order valence-corrected chi connectivity index (χ3v) is 6.30. The lowest BCUT2D eigenvalue weighted by Crippen LogP contribution is -2.49. The van der Waals surface area contributed by atoms with E-state index in [2.05, 4.69) is 14.9 Å². The van der Waals surface area contributed by atoms with Gasteiger partial charge in [-0.3, -0.25) is 14.9 Å². The minimum atomic E-state index is -0.413. The second-order valence-electron chi connectivity index (χ2n) is 8.57. The van der Waals surface area contributed by atoms with Crippen LogP contribution in [-0.2, 0) is 4.79 Å². The molecule has 1 amide bonds. The van der Waals surface area contributed by atoms with E-state index in [4.69, 9.17) is 0 Å². The maximum Gasteiger partial charge on any atom is 0.270 e. The Balaban J connectivity index is 1.42. The largest absolute Gasteiger partial charge is 0.353 e. The predicted octanol–water partition coefficient (Wildman–Crippen LogP) is 3.98. The average Bonchev–Trinajstić information content (AvgIpc) is 2.79. The number of carbonyl (C=O) groups excluding carboxylic acids is 1. The Bertz CT molecular complexity index is 950. The van der Waals surface area contributed by atoms with Gasteiger partial charge < -0.3 is 9.80 Å². The summed E-state index contributed by atoms with van der Waals surface area (Å²) in [5.41, 5.74) is 1.46. The monoisotopic (exact) mass is 423 g/mol. The van der Waals surface area contributed by atoms with Crippen LogP contribution in [-0.4, -0.2) is 51.9 Å². The predicted molar refractivity (Wildman–Crippen MR) is 119 cm³/mol. The SMILES string of the molecule is Cc1cc(N2CCN(C(=O)CC3CCCCC3)CC2)nc(-c2cccc([N+](=O)[O-])c2)n1. The van der Waals surface area contributed by atoms with Crippen molar-refractivity contribution in [3.05, 3.63) is 46.1 Å². The van der Waals surface area contributed by atoms with Gasteiger partial charge in [-0.1, -0.05) is 31.4 Å². The van der Waals surface area contributed by atoms with Crippen molar-refractivity contribution >= 4 is 17.4 Å². The third kappa shape index (κ3) is 5.18. The number of rotatable bonds is 5. The first kappa shape index (κ1) is 21.2. The van der Waals surface area contributed by atoms with Gasteiger partial charge in [0.25, 0.3) is 5.69 Å². The van der Waals surface area contributed by atoms with Gasteiger partial charge in [-0.05, 0) is 25.7 Å². The molecule has 1 aromatic carbocycles. The maximum absolute atomic E-state index is 12.7. The fourth-order valence-electron chi connectivity index (χ4n) is 4.55. The molecule has 1 saturated carbocycles. The quantitative estimate of drug-likeness (QED) is 0.533. The van der Waals surface area contributed by atoms with E-state index in [1.165, 1.54) is 44.2 Å². The van der Waals surface area contributed by atoms with Crippen LogP contribution in [0.3, 0.4) is 0 Å². The van der Waals surface area contributed by atoms with E-state index in [1.807, 2.05) is 17.9 Å². The molecule has 0 atom stereocenters. The molecular weight excluding hydrogens is 394 g/mol. The third-order valence-electron chi connectivity index (χ3n) is 6.30. The molecule has 2 aromatic rings. The van der Waals surface area contributed by atoms with Crippen molar-refractivity contribution < 1.29 is 9.72 Å². The van der Waals surface area contributed by atoms with Crippen LogP contribution in [0.25, 0.3) is 11.4 Å². The molecule has 1 aliphatic carbocycles. The Morgan fingerprint density at radius 2 is 1.84 bits per heavy atom. The molecule has 1 aliphatic heterocycles. The van der Waals surface area contributed by atoms with Crippen LogP contribution in [0.2, 0.25) is 0 Å². The smallest absolute Gasteiger partial charge is 0.270 e. The summed E-state index contributed by atoms with van der Waals surface area (Å²) in [6.07, 6.45) is 6.87. The van der Waals surface area contributed by atoms with Crippen LogP contribution in [0.4, 0.5) is 11.5 Å². The van der Waals surface area contributed by atoms with Gasteiger partial charge in [-0.25, -0.2) is 9.97 Å². The number of aromatic nitrogens is 2. The van der Waals surface area contributed by atoms with Crippen LogP contribution >= 0.6 is 0 Å². The highest BCUT2D eigenvalue weighted by atomic mass is 16.6. The zero-order chi connectivity index (χ0) is 21.8. The van der Waals surface area contributed by atoms with E-state index in [9.17, 15) is 14.9 Å². The molecule has 164 valence electrons. The lowest BCUT2D eigenvalue weighted by atomic mass is 9.86. The molecule has 1 aromatic heterocycles. The summed E-state index contributed by atoms with van der Waals surface area (Å²) >= 11 is 0. The van der Waals surface area contributed by atoms with E-state index in [-0.39, 0.29) is 11.6 Å². The first-order chi connectivity index (χ1) is 15.0. The molecule has 0 unspecified atom stereocenters. The van der Waals surface area contributed by atoms with Crippen molar-refractivity contribution in [2.75, 3.05) is 31.1 Å². The van der Waals surface area contributed by atoms with E-state index in [0.29, 0.717) is 36.8 Å². The molecule has 0 bridgehead atoms. The average molecular weight is 424 g/mol. The first-order valence-electron chi connectivity index (χ1n) is 11.1. The number of hydrogen-bond acceptors (Lipinski definition) is 6. The molecule has 4 rings (SSSR count). The number of piperazine rings is 1. The van der Waals surface area contributed by atoms with Crippen LogP contribution < -0.4 is 4.90 Å². The summed E-state index contributed by atoms with van der Waals surface area (Å²) in [6.45, 7) is 4.74. The molecule has 0 spiro atoms. The molecule has 0 radical (unpaired) electrons. The molecule has 2 heterocycles. The van der Waals surface area contributed by atoms with Crippen molar-refractivity contribution in [1.82, 2.24) is 14.9 Å². The standard InChI is InChI=1S/C23H29N5O3/c1-17-14-21(25-23(24-17)19-8-5-9-20(16-19)28(30)31)26-10-12-27(13-11-26)22(29)15-18-6-3-2-4-7-18/h5,8-9,14,16,18H,2-4,6-7,10-13,15H2,1H3. The number of nitro benzene ring substituents is 1. The van der Waals surface area contributed by atoms with Crippen molar-refractivity contribution in [3.63, 3.8) is 0 Å². The minimum Gasteiger partial charge on any atom is -0.353 e. The normalized spacial score (nSPS) is 17.6. The van der Waals surface area contributed by atoms with Gasteiger partial charge in [-0.2, -0.15) is 0 Å². The van der Waals surface area contributed by atoms with Crippen LogP contribution in [0.1, 0.15) is 44.2 Å². The van der Waals surface area contributed by atoms with Crippen molar-refractivity contribution in [1.29, 1.82) is 0 Å². The van der Waals surface area contributed by atoms with Gasteiger partial charge in [0.15, 0.2) is 5.82 Å². The number of nitro groups is 1. The van der Waals surface area contributed by atoms with Crippen LogP contribution in [0, 0.1) is 23.0 Å². The number of carbonyl (C=O) groups is 1. The highest BCUT2D eigenvalue weighted by Crippen LogP contribution is 2.28. The molecule has 8 heteroatoms. The summed E-state index contributed by atoms with van der Waals surface area (Å²) in [7, 11) is 0. The van der Waals surface area contributed by atoms with Gasteiger partial charge in [0.2, 0.25) is 5.91 Å². The highest BCUT2D eigenvalue weighted by Gasteiger charge is 2.25. The summed E-state index contributed by atoms with van der Waals surface area (Å²) in [4.78, 5) is 36.7. The molecule has 2 fully saturated rings. The van der Waals surface area contributed by atoms with E-state index in [0.717, 1.165) is 24.6 Å². The molecule has 0 N–H and O–H groups in total. The molecule has 31 heavy (non-hydrogen) atoms. The van der Waals surface area contributed by atoms with Gasteiger partial charge in [0.1, 0.15) is 5.82 Å². The van der Waals surface area contributed by atoms with Gasteiger partial charge in [0.05, 0.1) is 4.92 Å². The highest BCUT2D eigenvalue weighted by molar-refractivity contribution is 5.76. The Morgan fingerprint density at radius 1 is 1.10 bits per heavy atom. The minimum absolute atomic E-state index is 0.0225. The number of hydrogen-bond donors (Lipinski definition) is 0. The van der Waals surface area contributed by atoms with E-state index < -0.39 is 4.92 Å². The fourth-order valence-corrected chi connectivity index (χ4v) is 4.55. The lowest BCUT2D eigenvalue weighted by molar-refractivity contribution is -0.384. The Labute approximate surface area is 182 Å². The van der Waals surface area contributed by atoms with Gasteiger partial charge in [0, 0.05) is 62.1 Å². The fraction of sp³-hybridized carbons (Fsp3) is 0.522. The second-order valence-corrected chi connectivity index (χ2v) is 8.57. The van der Waals surface area contributed by atoms with Gasteiger partial charge >= 0.3 is 0 Å². The number of amides is 1. The maximum atomic E-state index is 12.7. The number of nitrogens with zero attached hydrogens (tertiary/aromatic N) is 5. The van der Waals surface area contributed by atoms with Crippen LogP contribution in [0.15, 0.2) is 30.3 Å². The number of anilines is 1. The van der Waals surface area contributed by atoms with Crippen molar-refractivity contribution in [3.8, 4) is 11.4 Å². The molecule has 1 saturated heterocycles. The summed E-state index contributed by atoms with van der Waals surface area (Å²) in [6, 6.07) is 8.33. The zero-order valence-electron chi connectivity index (χ0n) is 18.0. The zero-order valence-corrected chi connectivity index (χ0v) is 18.0. The molecular formula is C23H29N5O3. The summed E-state index contributed by atoms with van der Waals surface area (Å²) in [5, 5.41) is 11.1. The Kier molecular flexibility index (Phi) is 6.44. The van der Waals surface area contributed by atoms with Crippen molar-refractivity contribution in [2.45, 2.75) is 45.4 Å². The summed E-state index contributed by atoms with van der Waals surface area (Å²) in [5.74, 6) is 2.12. The van der Waals surface area contributed by atoms with Crippen LogP contribution in [0.5, 0.6) is 0 Å². The second kappa shape index (κ2) is 9.41. The molecule has 2 aliphatic rings. The molecule has 8 nitrogen and oxygen atoms in total. The van der Waals surface area contributed by atoms with Crippen molar-refractivity contribution in [2.24, 2.45) is 5.92 Å². The Morgan fingerprint density at radius 3 is 2.55 bits per heavy atom. The first-order valence-corrected chi connectivity index (χ1v) is 11.1. The number of benzene rings is 1. The van der Waals surface area contributed by atoms with E-state index >= 15 is 0 Å². The van der Waals surface area contributed by atoms with Gasteiger partial charge in [-0.15, -0.1) is 0 Å².